The number of carbonyl (C=O) groups excluding carboxylic acids is 2. The van der Waals surface area contributed by atoms with E-state index in [4.69, 9.17) is 37.4 Å². The molecule has 0 atom stereocenters. The van der Waals surface area contributed by atoms with E-state index in [0.717, 1.165) is 21.6 Å². The van der Waals surface area contributed by atoms with Crippen LogP contribution in [0.25, 0.3) is 17.2 Å². The minimum atomic E-state index is -0.549. The van der Waals surface area contributed by atoms with Crippen LogP contribution in [-0.2, 0) is 16.1 Å². The van der Waals surface area contributed by atoms with Gasteiger partial charge in [-0.2, -0.15) is 0 Å². The van der Waals surface area contributed by atoms with Gasteiger partial charge < -0.3 is 19.5 Å². The van der Waals surface area contributed by atoms with Gasteiger partial charge in [0.05, 0.1) is 14.2 Å². The van der Waals surface area contributed by atoms with Gasteiger partial charge in [-0.25, -0.2) is 4.79 Å². The first-order valence-electron chi connectivity index (χ1n) is 11.8. The lowest BCUT2D eigenvalue weighted by molar-refractivity contribution is -0.111. The predicted octanol–water partition coefficient (Wildman–Crippen LogP) is 8.06. The van der Waals surface area contributed by atoms with Gasteiger partial charge in [0.15, 0.2) is 11.5 Å². The smallest absolute Gasteiger partial charge is 0.341 e. The zero-order chi connectivity index (χ0) is 27.9. The molecule has 1 heterocycles. The molecule has 4 rings (SSSR count). The third kappa shape index (κ3) is 7.00. The average molecular weight is 583 g/mol. The van der Waals surface area contributed by atoms with Crippen LogP contribution in [0.3, 0.4) is 0 Å². The summed E-state index contributed by atoms with van der Waals surface area (Å²) in [6.07, 6.45) is 3.04. The Labute approximate surface area is 240 Å². The summed E-state index contributed by atoms with van der Waals surface area (Å²) in [5.74, 6) is 0.146. The van der Waals surface area contributed by atoms with E-state index < -0.39 is 11.9 Å². The van der Waals surface area contributed by atoms with Crippen LogP contribution < -0.4 is 14.8 Å². The van der Waals surface area contributed by atoms with Crippen molar-refractivity contribution in [2.75, 3.05) is 19.5 Å². The molecule has 3 aromatic carbocycles. The van der Waals surface area contributed by atoms with E-state index in [0.29, 0.717) is 38.7 Å². The number of hydrogen-bond acceptors (Lipinski definition) is 6. The van der Waals surface area contributed by atoms with E-state index in [-0.39, 0.29) is 5.56 Å². The molecule has 0 spiro atoms. The van der Waals surface area contributed by atoms with Crippen molar-refractivity contribution in [2.45, 2.75) is 13.5 Å². The van der Waals surface area contributed by atoms with Crippen LogP contribution in [0.15, 0.2) is 72.8 Å². The van der Waals surface area contributed by atoms with E-state index in [1.165, 1.54) is 24.5 Å². The largest absolute Gasteiger partial charge is 0.493 e. The number of thiophene rings is 1. The molecular formula is C30H25Cl2NO5S. The Hall–Kier alpha value is -3.78. The van der Waals surface area contributed by atoms with Gasteiger partial charge in [0, 0.05) is 26.6 Å². The zero-order valence-corrected chi connectivity index (χ0v) is 23.7. The molecule has 1 N–H and O–H groups in total. The summed E-state index contributed by atoms with van der Waals surface area (Å²) >= 11 is 13.4. The van der Waals surface area contributed by atoms with Crippen molar-refractivity contribution >= 4 is 57.5 Å². The predicted molar refractivity (Wildman–Crippen MR) is 157 cm³/mol. The second-order valence-corrected chi connectivity index (χ2v) is 10.5. The molecule has 1 aromatic heterocycles. The summed E-state index contributed by atoms with van der Waals surface area (Å²) in [7, 11) is 2.86. The van der Waals surface area contributed by atoms with Crippen molar-refractivity contribution in [1.29, 1.82) is 0 Å². The van der Waals surface area contributed by atoms with Gasteiger partial charge in [-0.1, -0.05) is 53.5 Å². The van der Waals surface area contributed by atoms with Crippen LogP contribution in [0.1, 0.15) is 26.4 Å². The highest BCUT2D eigenvalue weighted by Gasteiger charge is 2.25. The van der Waals surface area contributed by atoms with Crippen molar-refractivity contribution in [3.63, 3.8) is 0 Å². The Morgan fingerprint density at radius 3 is 2.41 bits per heavy atom. The van der Waals surface area contributed by atoms with Crippen molar-refractivity contribution < 1.29 is 23.8 Å². The van der Waals surface area contributed by atoms with Gasteiger partial charge >= 0.3 is 5.97 Å². The van der Waals surface area contributed by atoms with Gasteiger partial charge in [0.1, 0.15) is 17.2 Å². The number of anilines is 1. The number of amides is 1. The van der Waals surface area contributed by atoms with Crippen molar-refractivity contribution in [3.05, 3.63) is 104 Å². The van der Waals surface area contributed by atoms with E-state index in [1.54, 1.807) is 55.7 Å². The number of rotatable bonds is 9. The molecule has 6 nitrogen and oxygen atoms in total. The maximum absolute atomic E-state index is 12.8. The Kier molecular flexibility index (Phi) is 9.30. The first-order chi connectivity index (χ1) is 18.8. The van der Waals surface area contributed by atoms with Gasteiger partial charge in [-0.15, -0.1) is 11.3 Å². The summed E-state index contributed by atoms with van der Waals surface area (Å²) < 4.78 is 16.4. The first kappa shape index (κ1) is 28.2. The number of aryl methyl sites for hydroxylation is 1. The van der Waals surface area contributed by atoms with Crippen LogP contribution in [0.4, 0.5) is 5.00 Å². The van der Waals surface area contributed by atoms with Crippen LogP contribution in [0, 0.1) is 6.92 Å². The highest BCUT2D eigenvalue weighted by atomic mass is 35.5. The first-order valence-corrected chi connectivity index (χ1v) is 13.4. The summed E-state index contributed by atoms with van der Waals surface area (Å²) in [4.78, 5) is 26.4. The normalized spacial score (nSPS) is 10.9. The zero-order valence-electron chi connectivity index (χ0n) is 21.4. The topological polar surface area (TPSA) is 73.9 Å². The second kappa shape index (κ2) is 12.8. The Morgan fingerprint density at radius 2 is 1.72 bits per heavy atom. The fourth-order valence-corrected chi connectivity index (χ4v) is 5.28. The number of carbonyl (C=O) groups is 2. The summed E-state index contributed by atoms with van der Waals surface area (Å²) in [6, 6.07) is 19.9. The van der Waals surface area contributed by atoms with Gasteiger partial charge in [-0.3, -0.25) is 4.79 Å². The fourth-order valence-electron chi connectivity index (χ4n) is 3.90. The number of halogens is 2. The molecule has 0 aliphatic carbocycles. The SMILES string of the molecule is COC(=O)c1c(NC(=O)/C=C/c2ccc(OCc3ccc(Cl)cc3)c(OC)c2)sc(C)c1-c1cccc(Cl)c1. The maximum Gasteiger partial charge on any atom is 0.341 e. The monoisotopic (exact) mass is 581 g/mol. The standard InChI is InChI=1S/C30H25Cl2NO5S/c1-18-27(21-5-4-6-23(32)16-21)28(30(35)37-3)29(39-18)33-26(34)14-10-19-9-13-24(25(15-19)36-2)38-17-20-7-11-22(31)12-8-20/h4-16H,17H2,1-3H3,(H,33,34)/b14-10+. The summed E-state index contributed by atoms with van der Waals surface area (Å²) in [5, 5.41) is 4.42. The molecule has 1 amide bonds. The van der Waals surface area contributed by atoms with Crippen molar-refractivity contribution in [2.24, 2.45) is 0 Å². The molecule has 4 aromatic rings. The summed E-state index contributed by atoms with van der Waals surface area (Å²) in [5.41, 5.74) is 3.42. The Morgan fingerprint density at radius 1 is 0.949 bits per heavy atom. The number of benzene rings is 3. The number of ether oxygens (including phenoxy) is 3. The average Bonchev–Trinajstić information content (AvgIpc) is 3.26. The lowest BCUT2D eigenvalue weighted by Gasteiger charge is -2.11. The molecule has 0 aliphatic rings. The Balaban J connectivity index is 1.50. The van der Waals surface area contributed by atoms with E-state index in [1.807, 2.05) is 31.2 Å². The third-order valence-electron chi connectivity index (χ3n) is 5.75. The molecule has 0 aliphatic heterocycles. The van der Waals surface area contributed by atoms with Gasteiger partial charge in [-0.05, 0) is 66.1 Å². The van der Waals surface area contributed by atoms with E-state index >= 15 is 0 Å². The lowest BCUT2D eigenvalue weighted by atomic mass is 10.0. The number of nitrogens with one attached hydrogen (secondary N) is 1. The summed E-state index contributed by atoms with van der Waals surface area (Å²) in [6.45, 7) is 2.23. The molecular weight excluding hydrogens is 557 g/mol. The second-order valence-electron chi connectivity index (χ2n) is 8.39. The van der Waals surface area contributed by atoms with Crippen molar-refractivity contribution in [1.82, 2.24) is 0 Å². The van der Waals surface area contributed by atoms with Crippen LogP contribution in [0.2, 0.25) is 10.0 Å². The maximum atomic E-state index is 12.8. The third-order valence-corrected chi connectivity index (χ3v) is 7.25. The van der Waals surface area contributed by atoms with Gasteiger partial charge in [0.2, 0.25) is 5.91 Å². The number of hydrogen-bond donors (Lipinski definition) is 1. The molecule has 9 heteroatoms. The number of methoxy groups -OCH3 is 2. The minimum absolute atomic E-state index is 0.285. The molecule has 200 valence electrons. The molecule has 0 saturated carbocycles. The molecule has 0 radical (unpaired) electrons. The molecule has 0 bridgehead atoms. The van der Waals surface area contributed by atoms with Crippen LogP contribution in [-0.4, -0.2) is 26.1 Å². The quantitative estimate of drug-likeness (QED) is 0.160. The lowest BCUT2D eigenvalue weighted by Crippen LogP contribution is -2.11. The highest BCUT2D eigenvalue weighted by molar-refractivity contribution is 7.17. The van der Waals surface area contributed by atoms with Gasteiger partial charge in [0.25, 0.3) is 0 Å². The minimum Gasteiger partial charge on any atom is -0.493 e. The van der Waals surface area contributed by atoms with Crippen molar-refractivity contribution in [3.8, 4) is 22.6 Å². The number of esters is 1. The molecule has 0 fully saturated rings. The fraction of sp³-hybridized carbons (Fsp3) is 0.133. The van der Waals surface area contributed by atoms with E-state index in [9.17, 15) is 9.59 Å². The molecule has 39 heavy (non-hydrogen) atoms. The van der Waals surface area contributed by atoms with Crippen LogP contribution >= 0.6 is 34.5 Å². The van der Waals surface area contributed by atoms with Crippen LogP contribution in [0.5, 0.6) is 11.5 Å². The Bertz CT molecular complexity index is 1530. The van der Waals surface area contributed by atoms with E-state index in [2.05, 4.69) is 5.32 Å². The molecule has 0 saturated heterocycles. The molecule has 0 unspecified atom stereocenters. The highest BCUT2D eigenvalue weighted by Crippen LogP contribution is 2.41.